The molecule has 0 saturated heterocycles. The average Bonchev–Trinajstić information content (AvgIpc) is 2.60. The Morgan fingerprint density at radius 3 is 2.43 bits per heavy atom. The molecule has 0 bridgehead atoms. The number of benzene rings is 3. The molecule has 2 N–H and O–H groups in total. The van der Waals surface area contributed by atoms with Crippen LogP contribution in [0.25, 0.3) is 10.8 Å². The van der Waals surface area contributed by atoms with Crippen molar-refractivity contribution in [3.05, 3.63) is 66.2 Å². The molecule has 23 heavy (non-hydrogen) atoms. The molecule has 0 spiro atoms. The van der Waals surface area contributed by atoms with Crippen LogP contribution in [0.5, 0.6) is 5.75 Å². The molecule has 114 valence electrons. The van der Waals surface area contributed by atoms with Crippen LogP contribution in [0.4, 0.5) is 11.4 Å². The molecule has 0 atom stereocenters. The predicted molar refractivity (Wildman–Crippen MR) is 89.6 cm³/mol. The van der Waals surface area contributed by atoms with Crippen LogP contribution in [0.2, 0.25) is 0 Å². The third kappa shape index (κ3) is 2.89. The number of hydrogen-bond donors (Lipinski definition) is 2. The lowest BCUT2D eigenvalue weighted by Crippen LogP contribution is -2.17. The van der Waals surface area contributed by atoms with Crippen molar-refractivity contribution in [3.8, 4) is 5.75 Å². The quantitative estimate of drug-likeness (QED) is 0.707. The Balaban J connectivity index is 2.19. The summed E-state index contributed by atoms with van der Waals surface area (Å²) in [6, 6.07) is 18.3. The number of amides is 1. The Kier molecular flexibility index (Phi) is 4.01. The fraction of sp³-hybridized carbons (Fsp3) is 0.0556. The molecule has 3 aromatic carbocycles. The summed E-state index contributed by atoms with van der Waals surface area (Å²) >= 11 is 0. The fourth-order valence-electron chi connectivity index (χ4n) is 2.33. The molecule has 5 heteroatoms. The zero-order valence-electron chi connectivity index (χ0n) is 12.5. The number of fused-ring (bicyclic) bond motifs is 1. The molecule has 1 amide bonds. The van der Waals surface area contributed by atoms with Gasteiger partial charge >= 0.3 is 0 Å². The minimum Gasteiger partial charge on any atom is -0.505 e. The molecule has 0 aromatic heterocycles. The number of nitrogens with zero attached hydrogens (tertiary/aromatic N) is 2. The molecule has 0 aliphatic rings. The second kappa shape index (κ2) is 6.27. The third-order valence-corrected chi connectivity index (χ3v) is 3.49. The van der Waals surface area contributed by atoms with Crippen LogP contribution in [-0.4, -0.2) is 18.1 Å². The standard InChI is InChI=1S/C18H15N3O2/c1-19-18(23)15-11-12-7-5-6-10-14(12)16(17(15)22)21-20-13-8-3-2-4-9-13/h2-11,22H,1H3,(H,19,23). The van der Waals surface area contributed by atoms with Gasteiger partial charge < -0.3 is 10.4 Å². The number of aromatic hydroxyl groups is 1. The van der Waals surface area contributed by atoms with Crippen molar-refractivity contribution in [2.75, 3.05) is 7.05 Å². The van der Waals surface area contributed by atoms with Gasteiger partial charge in [0.25, 0.3) is 5.91 Å². The van der Waals surface area contributed by atoms with Crippen molar-refractivity contribution >= 4 is 28.1 Å². The molecule has 3 rings (SSSR count). The number of hydrogen-bond acceptors (Lipinski definition) is 4. The number of azo groups is 1. The lowest BCUT2D eigenvalue weighted by Gasteiger charge is -2.09. The highest BCUT2D eigenvalue weighted by molar-refractivity contribution is 6.06. The van der Waals surface area contributed by atoms with Gasteiger partial charge in [0, 0.05) is 12.4 Å². The van der Waals surface area contributed by atoms with Gasteiger partial charge in [-0.25, -0.2) is 0 Å². The lowest BCUT2D eigenvalue weighted by atomic mass is 10.0. The normalized spacial score (nSPS) is 11.0. The van der Waals surface area contributed by atoms with E-state index in [0.29, 0.717) is 5.69 Å². The lowest BCUT2D eigenvalue weighted by molar-refractivity contribution is 0.0960. The van der Waals surface area contributed by atoms with Crippen molar-refractivity contribution in [2.24, 2.45) is 10.2 Å². The van der Waals surface area contributed by atoms with Crippen LogP contribution in [0.15, 0.2) is 70.9 Å². The maximum Gasteiger partial charge on any atom is 0.254 e. The number of nitrogens with one attached hydrogen (secondary N) is 1. The summed E-state index contributed by atoms with van der Waals surface area (Å²) in [6.45, 7) is 0. The first-order chi connectivity index (χ1) is 11.2. The second-order valence-corrected chi connectivity index (χ2v) is 4.96. The number of carbonyl (C=O) groups is 1. The molecule has 0 aliphatic carbocycles. The van der Waals surface area contributed by atoms with E-state index in [1.165, 1.54) is 7.05 Å². The van der Waals surface area contributed by atoms with Crippen LogP contribution in [0.3, 0.4) is 0 Å². The van der Waals surface area contributed by atoms with Gasteiger partial charge in [0.2, 0.25) is 0 Å². The first kappa shape index (κ1) is 14.7. The summed E-state index contributed by atoms with van der Waals surface area (Å²) in [5.41, 5.74) is 1.13. The Morgan fingerprint density at radius 2 is 1.70 bits per heavy atom. The molecular weight excluding hydrogens is 290 g/mol. The first-order valence-electron chi connectivity index (χ1n) is 7.14. The minimum absolute atomic E-state index is 0.174. The number of carbonyl (C=O) groups excluding carboxylic acids is 1. The zero-order chi connectivity index (χ0) is 16.2. The molecule has 0 heterocycles. The van der Waals surface area contributed by atoms with E-state index in [-0.39, 0.29) is 22.9 Å². The highest BCUT2D eigenvalue weighted by atomic mass is 16.3. The van der Waals surface area contributed by atoms with Gasteiger partial charge in [0.1, 0.15) is 5.69 Å². The predicted octanol–water partition coefficient (Wildman–Crippen LogP) is 4.32. The van der Waals surface area contributed by atoms with Crippen LogP contribution in [0.1, 0.15) is 10.4 Å². The molecule has 5 nitrogen and oxygen atoms in total. The summed E-state index contributed by atoms with van der Waals surface area (Å²) in [6.07, 6.45) is 0. The van der Waals surface area contributed by atoms with E-state index in [2.05, 4.69) is 15.5 Å². The zero-order valence-corrected chi connectivity index (χ0v) is 12.5. The van der Waals surface area contributed by atoms with Gasteiger partial charge in [-0.05, 0) is 23.6 Å². The topological polar surface area (TPSA) is 74.0 Å². The van der Waals surface area contributed by atoms with Crippen LogP contribution < -0.4 is 5.32 Å². The average molecular weight is 305 g/mol. The van der Waals surface area contributed by atoms with Gasteiger partial charge in [0.15, 0.2) is 5.75 Å². The summed E-state index contributed by atoms with van der Waals surface area (Å²) in [4.78, 5) is 12.0. The largest absolute Gasteiger partial charge is 0.505 e. The minimum atomic E-state index is -0.371. The van der Waals surface area contributed by atoms with Gasteiger partial charge in [-0.15, -0.1) is 5.11 Å². The summed E-state index contributed by atoms with van der Waals surface area (Å²) in [5, 5.41) is 22.8. The van der Waals surface area contributed by atoms with Gasteiger partial charge in [-0.1, -0.05) is 42.5 Å². The van der Waals surface area contributed by atoms with Crippen molar-refractivity contribution in [2.45, 2.75) is 0 Å². The molecule has 0 aliphatic heterocycles. The van der Waals surface area contributed by atoms with Crippen LogP contribution >= 0.6 is 0 Å². The van der Waals surface area contributed by atoms with E-state index >= 15 is 0 Å². The van der Waals surface area contributed by atoms with E-state index in [1.54, 1.807) is 6.07 Å². The van der Waals surface area contributed by atoms with E-state index in [9.17, 15) is 9.90 Å². The van der Waals surface area contributed by atoms with E-state index in [4.69, 9.17) is 0 Å². The van der Waals surface area contributed by atoms with Gasteiger partial charge in [-0.2, -0.15) is 5.11 Å². The van der Waals surface area contributed by atoms with Crippen molar-refractivity contribution in [1.82, 2.24) is 5.32 Å². The highest BCUT2D eigenvalue weighted by Crippen LogP contribution is 2.39. The molecule has 0 radical (unpaired) electrons. The highest BCUT2D eigenvalue weighted by Gasteiger charge is 2.17. The Hall–Kier alpha value is -3.21. The maximum absolute atomic E-state index is 12.0. The van der Waals surface area contributed by atoms with Gasteiger partial charge in [0.05, 0.1) is 11.3 Å². The molecular formula is C18H15N3O2. The van der Waals surface area contributed by atoms with Crippen LogP contribution in [0, 0.1) is 0 Å². The Morgan fingerprint density at radius 1 is 1.00 bits per heavy atom. The fourth-order valence-corrected chi connectivity index (χ4v) is 2.33. The van der Waals surface area contributed by atoms with Gasteiger partial charge in [-0.3, -0.25) is 4.79 Å². The molecule has 0 saturated carbocycles. The van der Waals surface area contributed by atoms with Crippen molar-refractivity contribution < 1.29 is 9.90 Å². The first-order valence-corrected chi connectivity index (χ1v) is 7.14. The monoisotopic (exact) mass is 305 g/mol. The van der Waals surface area contributed by atoms with E-state index in [0.717, 1.165) is 10.8 Å². The smallest absolute Gasteiger partial charge is 0.254 e. The van der Waals surface area contributed by atoms with Crippen molar-refractivity contribution in [3.63, 3.8) is 0 Å². The molecule has 3 aromatic rings. The van der Waals surface area contributed by atoms with E-state index < -0.39 is 0 Å². The third-order valence-electron chi connectivity index (χ3n) is 3.49. The SMILES string of the molecule is CNC(=O)c1cc2ccccc2c(N=Nc2ccccc2)c1O. The number of rotatable bonds is 3. The van der Waals surface area contributed by atoms with E-state index in [1.807, 2.05) is 54.6 Å². The Bertz CT molecular complexity index is 889. The number of phenols is 1. The Labute approximate surface area is 133 Å². The molecule has 0 unspecified atom stereocenters. The van der Waals surface area contributed by atoms with Crippen LogP contribution in [-0.2, 0) is 0 Å². The van der Waals surface area contributed by atoms with Crippen molar-refractivity contribution in [1.29, 1.82) is 0 Å². The summed E-state index contributed by atoms with van der Waals surface area (Å²) < 4.78 is 0. The number of phenolic OH excluding ortho intramolecular Hbond substituents is 1. The summed E-state index contributed by atoms with van der Waals surface area (Å²) in [7, 11) is 1.52. The summed E-state index contributed by atoms with van der Waals surface area (Å²) in [5.74, 6) is -0.549. The second-order valence-electron chi connectivity index (χ2n) is 4.96. The maximum atomic E-state index is 12.0. The molecule has 0 fully saturated rings.